The molecule has 0 aliphatic carbocycles. The van der Waals surface area contributed by atoms with Crippen LogP contribution in [0, 0.1) is 0 Å². The van der Waals surface area contributed by atoms with Crippen LogP contribution in [0.3, 0.4) is 0 Å². The van der Waals surface area contributed by atoms with Gasteiger partial charge < -0.3 is 19.9 Å². The van der Waals surface area contributed by atoms with Crippen LogP contribution in [-0.2, 0) is 21.7 Å². The summed E-state index contributed by atoms with van der Waals surface area (Å²) in [5.41, 5.74) is 1.64. The van der Waals surface area contributed by atoms with Gasteiger partial charge in [0.1, 0.15) is 11.3 Å². The first-order valence-electron chi connectivity index (χ1n) is 10.4. The van der Waals surface area contributed by atoms with E-state index in [9.17, 15) is 14.7 Å². The van der Waals surface area contributed by atoms with Crippen LogP contribution in [0.5, 0.6) is 5.75 Å². The standard InChI is InChI=1S/C24H30N2O5/c1-16(2)18-7-9-19(10-8-18)24(3)22(28)26(23(29)25-24)13-20(27)15-31-14-17-5-11-21(30-4)12-6-17/h5-12,16,20,27H,13-15H2,1-4H3,(H,25,29). The number of benzene rings is 2. The molecule has 1 saturated heterocycles. The van der Waals surface area contributed by atoms with Crippen molar-refractivity contribution >= 4 is 11.9 Å². The first-order chi connectivity index (χ1) is 14.7. The average Bonchev–Trinajstić information content (AvgIpc) is 2.98. The number of carbonyl (C=O) groups is 2. The first-order valence-corrected chi connectivity index (χ1v) is 10.4. The van der Waals surface area contributed by atoms with Crippen LogP contribution in [0.2, 0.25) is 0 Å². The fourth-order valence-corrected chi connectivity index (χ4v) is 3.56. The number of aliphatic hydroxyl groups is 1. The molecule has 0 bridgehead atoms. The molecule has 3 amide bonds. The highest BCUT2D eigenvalue weighted by Crippen LogP contribution is 2.30. The van der Waals surface area contributed by atoms with Gasteiger partial charge in [0.05, 0.1) is 33.0 Å². The van der Waals surface area contributed by atoms with E-state index in [0.29, 0.717) is 18.1 Å². The molecule has 2 aromatic carbocycles. The Bertz CT molecular complexity index is 911. The SMILES string of the molecule is COc1ccc(COCC(O)CN2C(=O)NC(C)(c3ccc(C(C)C)cc3)C2=O)cc1. The molecule has 2 N–H and O–H groups in total. The van der Waals surface area contributed by atoms with Gasteiger partial charge in [0.25, 0.3) is 5.91 Å². The first kappa shape index (κ1) is 22.8. The molecule has 0 aromatic heterocycles. The van der Waals surface area contributed by atoms with E-state index < -0.39 is 17.7 Å². The summed E-state index contributed by atoms with van der Waals surface area (Å²) in [5.74, 6) is 0.744. The Morgan fingerprint density at radius 1 is 1.06 bits per heavy atom. The minimum atomic E-state index is -1.16. The maximum atomic E-state index is 13.0. The second-order valence-corrected chi connectivity index (χ2v) is 8.26. The molecule has 7 heteroatoms. The molecule has 0 spiro atoms. The van der Waals surface area contributed by atoms with Gasteiger partial charge in [0, 0.05) is 0 Å². The van der Waals surface area contributed by atoms with Crippen molar-refractivity contribution in [2.45, 2.75) is 44.9 Å². The zero-order valence-electron chi connectivity index (χ0n) is 18.4. The minimum Gasteiger partial charge on any atom is -0.497 e. The predicted molar refractivity (Wildman–Crippen MR) is 117 cm³/mol. The molecule has 1 aliphatic rings. The molecule has 2 atom stereocenters. The van der Waals surface area contributed by atoms with Gasteiger partial charge in [-0.05, 0) is 41.7 Å². The number of amides is 3. The van der Waals surface area contributed by atoms with E-state index in [0.717, 1.165) is 21.8 Å². The lowest BCUT2D eigenvalue weighted by atomic mass is 9.90. The number of imide groups is 1. The molecule has 1 aliphatic heterocycles. The van der Waals surface area contributed by atoms with Crippen molar-refractivity contribution in [3.05, 3.63) is 65.2 Å². The molecule has 31 heavy (non-hydrogen) atoms. The highest BCUT2D eigenvalue weighted by molar-refractivity contribution is 6.07. The van der Waals surface area contributed by atoms with Crippen molar-refractivity contribution < 1.29 is 24.2 Å². The molecule has 3 rings (SSSR count). The molecular weight excluding hydrogens is 396 g/mol. The van der Waals surface area contributed by atoms with Gasteiger partial charge >= 0.3 is 6.03 Å². The quantitative estimate of drug-likeness (QED) is 0.602. The molecule has 0 saturated carbocycles. The zero-order valence-corrected chi connectivity index (χ0v) is 18.4. The summed E-state index contributed by atoms with van der Waals surface area (Å²) in [6.07, 6.45) is -0.987. The lowest BCUT2D eigenvalue weighted by Crippen LogP contribution is -2.42. The van der Waals surface area contributed by atoms with Crippen LogP contribution in [-0.4, -0.2) is 48.3 Å². The summed E-state index contributed by atoms with van der Waals surface area (Å²) in [4.78, 5) is 26.6. The zero-order chi connectivity index (χ0) is 22.6. The molecule has 0 radical (unpaired) electrons. The molecule has 1 heterocycles. The van der Waals surface area contributed by atoms with Crippen LogP contribution in [0.4, 0.5) is 4.79 Å². The van der Waals surface area contributed by atoms with Crippen molar-refractivity contribution in [1.29, 1.82) is 0 Å². The van der Waals surface area contributed by atoms with E-state index in [-0.39, 0.29) is 19.1 Å². The number of hydrogen-bond acceptors (Lipinski definition) is 5. The lowest BCUT2D eigenvalue weighted by molar-refractivity contribution is -0.132. The van der Waals surface area contributed by atoms with Gasteiger partial charge in [-0.25, -0.2) is 4.79 Å². The number of urea groups is 1. The van der Waals surface area contributed by atoms with E-state index in [4.69, 9.17) is 9.47 Å². The second kappa shape index (κ2) is 9.49. The van der Waals surface area contributed by atoms with E-state index in [1.807, 2.05) is 48.5 Å². The van der Waals surface area contributed by atoms with Crippen LogP contribution < -0.4 is 10.1 Å². The van der Waals surface area contributed by atoms with E-state index >= 15 is 0 Å². The Balaban J connectivity index is 1.57. The van der Waals surface area contributed by atoms with Gasteiger partial charge in [-0.2, -0.15) is 0 Å². The summed E-state index contributed by atoms with van der Waals surface area (Å²) in [6, 6.07) is 14.6. The molecule has 1 fully saturated rings. The van der Waals surface area contributed by atoms with Crippen molar-refractivity contribution in [2.24, 2.45) is 0 Å². The predicted octanol–water partition coefficient (Wildman–Crippen LogP) is 3.16. The maximum absolute atomic E-state index is 13.0. The summed E-state index contributed by atoms with van der Waals surface area (Å²) >= 11 is 0. The van der Waals surface area contributed by atoms with E-state index in [1.54, 1.807) is 14.0 Å². The fraction of sp³-hybridized carbons (Fsp3) is 0.417. The number of carbonyl (C=O) groups excluding carboxylic acids is 2. The van der Waals surface area contributed by atoms with Gasteiger partial charge in [0.2, 0.25) is 0 Å². The Morgan fingerprint density at radius 2 is 1.71 bits per heavy atom. The van der Waals surface area contributed by atoms with Crippen molar-refractivity contribution in [3.63, 3.8) is 0 Å². The topological polar surface area (TPSA) is 88.1 Å². The van der Waals surface area contributed by atoms with Gasteiger partial charge in [-0.15, -0.1) is 0 Å². The second-order valence-electron chi connectivity index (χ2n) is 8.26. The Kier molecular flexibility index (Phi) is 6.97. The maximum Gasteiger partial charge on any atom is 0.325 e. The third kappa shape index (κ3) is 5.06. The smallest absolute Gasteiger partial charge is 0.325 e. The van der Waals surface area contributed by atoms with Crippen LogP contribution >= 0.6 is 0 Å². The number of nitrogens with zero attached hydrogens (tertiary/aromatic N) is 1. The van der Waals surface area contributed by atoms with Crippen molar-refractivity contribution in [1.82, 2.24) is 10.2 Å². The van der Waals surface area contributed by atoms with Crippen molar-refractivity contribution in [3.8, 4) is 5.75 Å². The summed E-state index contributed by atoms with van der Waals surface area (Å²) in [7, 11) is 1.60. The van der Waals surface area contributed by atoms with Crippen molar-refractivity contribution in [2.75, 3.05) is 20.3 Å². The number of rotatable bonds is 9. The Hall–Kier alpha value is -2.90. The van der Waals surface area contributed by atoms with E-state index in [2.05, 4.69) is 19.2 Å². The number of β-amino-alcohol motifs (C(OH)–C–C–N with tert-alkyl or cyclic N) is 1. The third-order valence-corrected chi connectivity index (χ3v) is 5.56. The number of hydrogen-bond donors (Lipinski definition) is 2. The summed E-state index contributed by atoms with van der Waals surface area (Å²) in [5, 5.41) is 13.1. The summed E-state index contributed by atoms with van der Waals surface area (Å²) < 4.78 is 10.7. The monoisotopic (exact) mass is 426 g/mol. The van der Waals surface area contributed by atoms with Gasteiger partial charge in [-0.3, -0.25) is 9.69 Å². The molecule has 2 unspecified atom stereocenters. The van der Waals surface area contributed by atoms with Crippen LogP contribution in [0.25, 0.3) is 0 Å². The van der Waals surface area contributed by atoms with Gasteiger partial charge in [-0.1, -0.05) is 50.2 Å². The molecule has 7 nitrogen and oxygen atoms in total. The molecular formula is C24H30N2O5. The molecule has 2 aromatic rings. The van der Waals surface area contributed by atoms with Gasteiger partial charge in [0.15, 0.2) is 0 Å². The Labute approximate surface area is 183 Å². The summed E-state index contributed by atoms with van der Waals surface area (Å²) in [6.45, 7) is 6.05. The highest BCUT2D eigenvalue weighted by atomic mass is 16.5. The minimum absolute atomic E-state index is 0.00287. The number of aliphatic hydroxyl groups excluding tert-OH is 1. The van der Waals surface area contributed by atoms with E-state index in [1.165, 1.54) is 0 Å². The molecule has 166 valence electrons. The fourth-order valence-electron chi connectivity index (χ4n) is 3.56. The largest absolute Gasteiger partial charge is 0.497 e. The Morgan fingerprint density at radius 3 is 2.29 bits per heavy atom. The number of nitrogens with one attached hydrogen (secondary N) is 1. The number of methoxy groups -OCH3 is 1. The van der Waals surface area contributed by atoms with Crippen LogP contribution in [0.1, 0.15) is 43.4 Å². The third-order valence-electron chi connectivity index (χ3n) is 5.56. The lowest BCUT2D eigenvalue weighted by Gasteiger charge is -2.23. The average molecular weight is 427 g/mol. The van der Waals surface area contributed by atoms with Crippen LogP contribution in [0.15, 0.2) is 48.5 Å². The number of ether oxygens (including phenoxy) is 2. The normalized spacial score (nSPS) is 19.6. The highest BCUT2D eigenvalue weighted by Gasteiger charge is 2.49.